The highest BCUT2D eigenvalue weighted by molar-refractivity contribution is 5.86. The number of carbonyl (C=O) groups excluding carboxylic acids is 2. The molecule has 1 saturated carbocycles. The smallest absolute Gasteiger partial charge is 0.407 e. The number of ether oxygens (including phenoxy) is 1. The Labute approximate surface area is 143 Å². The Hall–Kier alpha value is -1.88. The summed E-state index contributed by atoms with van der Waals surface area (Å²) in [6, 6.07) is 10.2. The van der Waals surface area contributed by atoms with Gasteiger partial charge in [-0.2, -0.15) is 0 Å². The van der Waals surface area contributed by atoms with E-state index in [1.807, 2.05) is 39.0 Å². The van der Waals surface area contributed by atoms with Gasteiger partial charge in [0, 0.05) is 43.9 Å². The van der Waals surface area contributed by atoms with E-state index in [0.717, 1.165) is 19.6 Å². The number of hydrogen-bond donors (Lipinski definition) is 1. The molecule has 3 atom stereocenters. The van der Waals surface area contributed by atoms with E-state index in [1.54, 1.807) is 0 Å². The lowest BCUT2D eigenvalue weighted by molar-refractivity contribution is -0.120. The summed E-state index contributed by atoms with van der Waals surface area (Å²) in [4.78, 5) is 26.6. The van der Waals surface area contributed by atoms with Crippen molar-refractivity contribution in [2.24, 2.45) is 11.8 Å². The first-order valence-electron chi connectivity index (χ1n) is 8.60. The van der Waals surface area contributed by atoms with Crippen LogP contribution in [-0.2, 0) is 16.1 Å². The van der Waals surface area contributed by atoms with Gasteiger partial charge in [-0.1, -0.05) is 30.3 Å². The van der Waals surface area contributed by atoms with Crippen LogP contribution in [0, 0.1) is 11.8 Å². The van der Waals surface area contributed by atoms with Crippen molar-refractivity contribution in [2.75, 3.05) is 13.1 Å². The highest BCUT2D eigenvalue weighted by atomic mass is 16.6. The molecule has 2 fully saturated rings. The number of rotatable bonds is 3. The van der Waals surface area contributed by atoms with Crippen molar-refractivity contribution in [2.45, 2.75) is 45.4 Å². The number of nitrogens with one attached hydrogen (secondary N) is 1. The minimum Gasteiger partial charge on any atom is -0.444 e. The third-order valence-corrected chi connectivity index (χ3v) is 4.74. The van der Waals surface area contributed by atoms with E-state index in [0.29, 0.717) is 6.42 Å². The summed E-state index contributed by atoms with van der Waals surface area (Å²) in [5, 5.41) is 2.91. The third-order valence-electron chi connectivity index (χ3n) is 4.74. The van der Waals surface area contributed by atoms with Crippen molar-refractivity contribution in [3.05, 3.63) is 35.9 Å². The monoisotopic (exact) mass is 330 g/mol. The first-order chi connectivity index (χ1) is 11.3. The van der Waals surface area contributed by atoms with Gasteiger partial charge in [0.2, 0.25) is 0 Å². The predicted molar refractivity (Wildman–Crippen MR) is 91.5 cm³/mol. The van der Waals surface area contributed by atoms with Crippen LogP contribution in [0.5, 0.6) is 0 Å². The number of alkyl carbamates (subject to hydrolysis) is 1. The van der Waals surface area contributed by atoms with Crippen molar-refractivity contribution in [3.8, 4) is 0 Å². The number of amides is 1. The highest BCUT2D eigenvalue weighted by Crippen LogP contribution is 2.36. The van der Waals surface area contributed by atoms with Crippen LogP contribution in [0.25, 0.3) is 0 Å². The Morgan fingerprint density at radius 3 is 2.62 bits per heavy atom. The van der Waals surface area contributed by atoms with Crippen LogP contribution >= 0.6 is 0 Å². The van der Waals surface area contributed by atoms with Crippen molar-refractivity contribution in [3.63, 3.8) is 0 Å². The zero-order chi connectivity index (χ0) is 17.3. The van der Waals surface area contributed by atoms with Gasteiger partial charge in [0.1, 0.15) is 11.4 Å². The van der Waals surface area contributed by atoms with Crippen molar-refractivity contribution >= 4 is 11.9 Å². The first kappa shape index (κ1) is 17.0. The number of hydrogen-bond acceptors (Lipinski definition) is 4. The molecule has 1 aromatic carbocycles. The highest BCUT2D eigenvalue weighted by Gasteiger charge is 2.48. The lowest BCUT2D eigenvalue weighted by Crippen LogP contribution is -2.42. The van der Waals surface area contributed by atoms with Gasteiger partial charge in [-0.15, -0.1) is 0 Å². The molecule has 0 aromatic heterocycles. The lowest BCUT2D eigenvalue weighted by atomic mass is 9.97. The molecule has 3 rings (SSSR count). The van der Waals surface area contributed by atoms with Crippen LogP contribution in [0.2, 0.25) is 0 Å². The van der Waals surface area contributed by atoms with Gasteiger partial charge >= 0.3 is 6.09 Å². The van der Waals surface area contributed by atoms with E-state index in [2.05, 4.69) is 22.3 Å². The summed E-state index contributed by atoms with van der Waals surface area (Å²) in [6.07, 6.45) is -0.00392. The zero-order valence-electron chi connectivity index (χ0n) is 14.6. The van der Waals surface area contributed by atoms with E-state index in [9.17, 15) is 9.59 Å². The summed E-state index contributed by atoms with van der Waals surface area (Å²) in [7, 11) is 0. The van der Waals surface area contributed by atoms with Crippen molar-refractivity contribution in [1.82, 2.24) is 10.2 Å². The maximum Gasteiger partial charge on any atom is 0.407 e. The van der Waals surface area contributed by atoms with E-state index < -0.39 is 11.7 Å². The number of benzene rings is 1. The minimum absolute atomic E-state index is 0.0358. The Morgan fingerprint density at radius 2 is 1.96 bits per heavy atom. The molecule has 2 aliphatic rings. The van der Waals surface area contributed by atoms with Gasteiger partial charge in [0.25, 0.3) is 0 Å². The number of Topliss-reactive ketones (excluding diaryl/α,β-unsaturated/α-hetero) is 1. The van der Waals surface area contributed by atoms with Gasteiger partial charge in [0.15, 0.2) is 0 Å². The minimum atomic E-state index is -0.527. The average Bonchev–Trinajstić information content (AvgIpc) is 3.00. The quantitative estimate of drug-likeness (QED) is 0.925. The fourth-order valence-corrected chi connectivity index (χ4v) is 3.77. The van der Waals surface area contributed by atoms with E-state index >= 15 is 0 Å². The molecule has 1 aliphatic heterocycles. The molecule has 1 aromatic rings. The second-order valence-corrected chi connectivity index (χ2v) is 7.87. The predicted octanol–water partition coefficient (Wildman–Crippen LogP) is 2.60. The maximum absolute atomic E-state index is 12.3. The summed E-state index contributed by atoms with van der Waals surface area (Å²) in [5.41, 5.74) is 0.725. The Kier molecular flexibility index (Phi) is 4.63. The Morgan fingerprint density at radius 1 is 1.25 bits per heavy atom. The molecule has 0 radical (unpaired) electrons. The van der Waals surface area contributed by atoms with Gasteiger partial charge in [-0.3, -0.25) is 9.69 Å². The summed E-state index contributed by atoms with van der Waals surface area (Å²) in [6.45, 7) is 7.99. The molecular weight excluding hydrogens is 304 g/mol. The van der Waals surface area contributed by atoms with Gasteiger partial charge in [-0.05, 0) is 26.3 Å². The second kappa shape index (κ2) is 6.55. The average molecular weight is 330 g/mol. The van der Waals surface area contributed by atoms with E-state index in [1.165, 1.54) is 5.56 Å². The molecular formula is C19H26N2O3. The number of likely N-dealkylation sites (tertiary alicyclic amines) is 1. The SMILES string of the molecule is CC(C)(C)OC(=O)N[C@@H]1CC(=O)[C@H]2CN(Cc3ccccc3)C[C@H]21. The standard InChI is InChI=1S/C19H26N2O3/c1-19(2,3)24-18(23)20-16-9-17(22)15-12-21(11-14(15)16)10-13-7-5-4-6-8-13/h4-8,14-16H,9-12H2,1-3H3,(H,20,23)/t14-,15+,16-/m1/s1. The molecule has 1 saturated heterocycles. The molecule has 1 aliphatic carbocycles. The molecule has 24 heavy (non-hydrogen) atoms. The molecule has 0 bridgehead atoms. The molecule has 1 N–H and O–H groups in total. The molecule has 5 nitrogen and oxygen atoms in total. The van der Waals surface area contributed by atoms with Crippen LogP contribution in [-0.4, -0.2) is 41.5 Å². The second-order valence-electron chi connectivity index (χ2n) is 7.87. The summed E-state index contributed by atoms with van der Waals surface area (Å²) >= 11 is 0. The molecule has 130 valence electrons. The maximum atomic E-state index is 12.3. The number of ketones is 1. The molecule has 5 heteroatoms. The zero-order valence-corrected chi connectivity index (χ0v) is 14.6. The van der Waals surface area contributed by atoms with Crippen LogP contribution in [0.1, 0.15) is 32.8 Å². The lowest BCUT2D eigenvalue weighted by Gasteiger charge is -2.24. The number of carbonyl (C=O) groups is 2. The van der Waals surface area contributed by atoms with Crippen LogP contribution < -0.4 is 5.32 Å². The number of nitrogens with zero attached hydrogens (tertiary/aromatic N) is 1. The molecule has 1 heterocycles. The molecule has 0 unspecified atom stereocenters. The van der Waals surface area contributed by atoms with Crippen molar-refractivity contribution in [1.29, 1.82) is 0 Å². The largest absolute Gasteiger partial charge is 0.444 e. The van der Waals surface area contributed by atoms with E-state index in [-0.39, 0.29) is 23.7 Å². The Bertz CT molecular complexity index is 609. The summed E-state index contributed by atoms with van der Waals surface area (Å²) < 4.78 is 5.33. The van der Waals surface area contributed by atoms with Crippen LogP contribution in [0.3, 0.4) is 0 Å². The molecule has 1 amide bonds. The number of fused-ring (bicyclic) bond motifs is 1. The normalized spacial score (nSPS) is 27.1. The summed E-state index contributed by atoms with van der Waals surface area (Å²) in [5.74, 6) is 0.485. The Balaban J connectivity index is 1.60. The fraction of sp³-hybridized carbons (Fsp3) is 0.579. The third kappa shape index (κ3) is 3.96. The van der Waals surface area contributed by atoms with Crippen LogP contribution in [0.15, 0.2) is 30.3 Å². The van der Waals surface area contributed by atoms with Crippen LogP contribution in [0.4, 0.5) is 4.79 Å². The molecule has 0 spiro atoms. The fourth-order valence-electron chi connectivity index (χ4n) is 3.77. The first-order valence-corrected chi connectivity index (χ1v) is 8.60. The topological polar surface area (TPSA) is 58.6 Å². The van der Waals surface area contributed by atoms with Gasteiger partial charge in [0.05, 0.1) is 0 Å². The van der Waals surface area contributed by atoms with E-state index in [4.69, 9.17) is 4.74 Å². The van der Waals surface area contributed by atoms with Crippen molar-refractivity contribution < 1.29 is 14.3 Å². The van der Waals surface area contributed by atoms with Gasteiger partial charge < -0.3 is 10.1 Å². The van der Waals surface area contributed by atoms with Gasteiger partial charge in [-0.25, -0.2) is 4.79 Å².